The van der Waals surface area contributed by atoms with Crippen LogP contribution in [-0.2, 0) is 4.57 Å². The summed E-state index contributed by atoms with van der Waals surface area (Å²) in [5.41, 5.74) is 0. The van der Waals surface area contributed by atoms with Gasteiger partial charge in [-0.1, -0.05) is 36.4 Å². The van der Waals surface area contributed by atoms with E-state index in [1.54, 1.807) is 48.5 Å². The van der Waals surface area contributed by atoms with Gasteiger partial charge in [0.25, 0.3) is 7.37 Å². The summed E-state index contributed by atoms with van der Waals surface area (Å²) in [6.45, 7) is 0. The van der Waals surface area contributed by atoms with E-state index >= 15 is 0 Å². The molecule has 2 rings (SSSR count). The Morgan fingerprint density at radius 2 is 1.27 bits per heavy atom. The fourth-order valence-electron chi connectivity index (χ4n) is 1.40. The van der Waals surface area contributed by atoms with Gasteiger partial charge < -0.3 is 4.90 Å². The van der Waals surface area contributed by atoms with Gasteiger partial charge in [0.2, 0.25) is 1.43 Å². The highest BCUT2D eigenvalue weighted by Crippen LogP contribution is 2.37. The third kappa shape index (κ3) is 2.01. The molecule has 0 atom stereocenters. The maximum Gasteiger partial charge on any atom is 0.258 e. The SMILES string of the molecule is [2H]OP(=O)(c1ccccc1)c1ccccc1. The second-order valence-corrected chi connectivity index (χ2v) is 5.36. The van der Waals surface area contributed by atoms with Crippen molar-refractivity contribution in [2.45, 2.75) is 0 Å². The van der Waals surface area contributed by atoms with Crippen LogP contribution in [0.4, 0.5) is 0 Å². The Morgan fingerprint density at radius 1 is 0.867 bits per heavy atom. The molecule has 76 valence electrons. The lowest BCUT2D eigenvalue weighted by molar-refractivity contribution is 0.501. The molecule has 2 nitrogen and oxygen atoms in total. The van der Waals surface area contributed by atoms with Crippen molar-refractivity contribution in [1.82, 2.24) is 0 Å². The number of hydrogen-bond acceptors (Lipinski definition) is 2. The van der Waals surface area contributed by atoms with E-state index in [1.807, 2.05) is 12.1 Å². The van der Waals surface area contributed by atoms with Crippen LogP contribution in [0.15, 0.2) is 60.7 Å². The molecule has 1 N–H and O–H groups in total. The van der Waals surface area contributed by atoms with Gasteiger partial charge in [0.1, 0.15) is 0 Å². The first-order chi connectivity index (χ1) is 7.77. The Balaban J connectivity index is 2.54. The Hall–Kier alpha value is -1.37. The summed E-state index contributed by atoms with van der Waals surface area (Å²) in [7, 11) is -3.24. The number of benzene rings is 2. The molecule has 0 amide bonds. The van der Waals surface area contributed by atoms with Gasteiger partial charge in [-0.05, 0) is 24.3 Å². The summed E-state index contributed by atoms with van der Waals surface area (Å²) in [5, 5.41) is 1.08. The average molecular weight is 219 g/mol. The van der Waals surface area contributed by atoms with E-state index in [9.17, 15) is 4.57 Å². The van der Waals surface area contributed by atoms with Gasteiger partial charge in [-0.3, -0.25) is 4.57 Å². The third-order valence-electron chi connectivity index (χ3n) is 2.19. The van der Waals surface area contributed by atoms with Gasteiger partial charge in [-0.25, -0.2) is 0 Å². The van der Waals surface area contributed by atoms with Crippen molar-refractivity contribution >= 4 is 18.0 Å². The zero-order valence-corrected chi connectivity index (χ0v) is 8.93. The predicted octanol–water partition coefficient (Wildman–Crippen LogP) is 1.91. The van der Waals surface area contributed by atoms with Gasteiger partial charge in [0, 0.05) is 10.6 Å². The maximum absolute atomic E-state index is 12.6. The van der Waals surface area contributed by atoms with Crippen LogP contribution in [0.3, 0.4) is 0 Å². The summed E-state index contributed by atoms with van der Waals surface area (Å²) in [4.78, 5) is 4.52. The molecule has 0 aliphatic heterocycles. The van der Waals surface area contributed by atoms with Gasteiger partial charge in [0.05, 0.1) is 0 Å². The van der Waals surface area contributed by atoms with E-state index in [2.05, 4.69) is 4.90 Å². The zero-order valence-electron chi connectivity index (χ0n) is 9.04. The highest BCUT2D eigenvalue weighted by molar-refractivity contribution is 7.73. The molecular formula is C12H11O2P. The Labute approximate surface area is 90.2 Å². The lowest BCUT2D eigenvalue weighted by Crippen LogP contribution is -2.14. The minimum Gasteiger partial charge on any atom is -0.338 e. The first-order valence-corrected chi connectivity index (χ1v) is 6.26. The zero-order chi connectivity index (χ0) is 11.4. The van der Waals surface area contributed by atoms with Gasteiger partial charge in [-0.2, -0.15) is 0 Å². The highest BCUT2D eigenvalue weighted by Gasteiger charge is 2.22. The molecule has 0 radical (unpaired) electrons. The van der Waals surface area contributed by atoms with E-state index < -0.39 is 7.37 Å². The van der Waals surface area contributed by atoms with Crippen LogP contribution in [-0.4, -0.2) is 6.33 Å². The van der Waals surface area contributed by atoms with Crippen LogP contribution in [0, 0.1) is 0 Å². The van der Waals surface area contributed by atoms with Crippen LogP contribution < -0.4 is 10.6 Å². The molecule has 2 aromatic rings. The summed E-state index contributed by atoms with van der Waals surface area (Å²) in [6, 6.07) is 17.6. The molecule has 3 heteroatoms. The van der Waals surface area contributed by atoms with E-state index in [4.69, 9.17) is 1.43 Å². The quantitative estimate of drug-likeness (QED) is 0.800. The molecule has 0 aliphatic carbocycles. The molecule has 0 unspecified atom stereocenters. The maximum atomic E-state index is 12.6. The fourth-order valence-corrected chi connectivity index (χ4v) is 2.82. The monoisotopic (exact) mass is 219 g/mol. The molecule has 0 heterocycles. The molecule has 15 heavy (non-hydrogen) atoms. The van der Waals surface area contributed by atoms with Crippen molar-refractivity contribution in [3.05, 3.63) is 60.7 Å². The highest BCUT2D eigenvalue weighted by atomic mass is 31.2. The predicted molar refractivity (Wildman–Crippen MR) is 62.0 cm³/mol. The van der Waals surface area contributed by atoms with Gasteiger partial charge in [0.15, 0.2) is 0 Å². The van der Waals surface area contributed by atoms with Gasteiger partial charge >= 0.3 is 0 Å². The second kappa shape index (κ2) is 4.01. The molecule has 0 saturated heterocycles. The Kier molecular flexibility index (Phi) is 2.38. The van der Waals surface area contributed by atoms with E-state index in [0.717, 1.165) is 0 Å². The number of hydrogen-bond donors (Lipinski definition) is 1. The lowest BCUT2D eigenvalue weighted by atomic mass is 10.4. The summed E-state index contributed by atoms with van der Waals surface area (Å²) >= 11 is 0. The fraction of sp³-hybridized carbons (Fsp3) is 0. The van der Waals surface area contributed by atoms with E-state index in [1.165, 1.54) is 0 Å². The van der Waals surface area contributed by atoms with Crippen LogP contribution >= 0.6 is 7.37 Å². The van der Waals surface area contributed by atoms with Crippen molar-refractivity contribution in [3.63, 3.8) is 0 Å². The topological polar surface area (TPSA) is 37.3 Å². The molecular weight excluding hydrogens is 207 g/mol. The minimum absolute atomic E-state index is 0.538. The van der Waals surface area contributed by atoms with Crippen molar-refractivity contribution < 1.29 is 9.46 Å². The normalized spacial score (nSPS) is 12.1. The molecule has 0 saturated carbocycles. The molecule has 2 aromatic carbocycles. The van der Waals surface area contributed by atoms with E-state index in [-0.39, 0.29) is 0 Å². The van der Waals surface area contributed by atoms with Gasteiger partial charge in [-0.15, -0.1) is 0 Å². The van der Waals surface area contributed by atoms with Crippen molar-refractivity contribution in [2.24, 2.45) is 0 Å². The standard InChI is InChI=1S/C12H11O2P/c13-15(14,11-7-3-1-4-8-11)12-9-5-2-6-10-12/h1-10H,(H,13,14)/i/hD. The van der Waals surface area contributed by atoms with Crippen LogP contribution in [0.2, 0.25) is 0 Å². The van der Waals surface area contributed by atoms with Crippen LogP contribution in [0.5, 0.6) is 0 Å². The molecule has 0 spiro atoms. The van der Waals surface area contributed by atoms with Crippen LogP contribution in [0.25, 0.3) is 0 Å². The first kappa shape index (κ1) is 8.90. The minimum atomic E-state index is -3.24. The molecule has 0 bridgehead atoms. The largest absolute Gasteiger partial charge is 0.338 e. The lowest BCUT2D eigenvalue weighted by Gasteiger charge is -2.11. The van der Waals surface area contributed by atoms with Crippen molar-refractivity contribution in [2.75, 3.05) is 0 Å². The summed E-state index contributed by atoms with van der Waals surface area (Å²) < 4.78 is 19.6. The summed E-state index contributed by atoms with van der Waals surface area (Å²) in [5.74, 6) is 0. The average Bonchev–Trinajstić information content (AvgIpc) is 2.40. The molecule has 0 aromatic heterocycles. The number of rotatable bonds is 3. The first-order valence-electron chi connectivity index (χ1n) is 5.04. The summed E-state index contributed by atoms with van der Waals surface area (Å²) in [6.07, 6.45) is 0. The second-order valence-electron chi connectivity index (χ2n) is 3.22. The Bertz CT molecular complexity index is 455. The third-order valence-corrected chi connectivity index (χ3v) is 4.15. The molecule has 0 aliphatic rings. The molecule has 0 fully saturated rings. The smallest absolute Gasteiger partial charge is 0.258 e. The van der Waals surface area contributed by atoms with Crippen molar-refractivity contribution in [3.8, 4) is 0 Å². The van der Waals surface area contributed by atoms with E-state index in [0.29, 0.717) is 10.6 Å². The van der Waals surface area contributed by atoms with Crippen LogP contribution in [0.1, 0.15) is 0 Å². The van der Waals surface area contributed by atoms with Crippen molar-refractivity contribution in [1.29, 1.82) is 1.43 Å². The Morgan fingerprint density at radius 3 is 1.60 bits per heavy atom.